The molecule has 2 aliphatic rings. The van der Waals surface area contributed by atoms with Crippen molar-refractivity contribution in [1.82, 2.24) is 0 Å². The second kappa shape index (κ2) is 6.54. The Hall–Kier alpha value is -3.60. The maximum absolute atomic E-state index is 14.3. The molecular weight excluding hydrogens is 440 g/mol. The summed E-state index contributed by atoms with van der Waals surface area (Å²) in [5.74, 6) is 0.625. The van der Waals surface area contributed by atoms with Crippen LogP contribution in [0.25, 0.3) is 21.7 Å². The number of esters is 1. The van der Waals surface area contributed by atoms with Gasteiger partial charge in [-0.3, -0.25) is 4.79 Å². The summed E-state index contributed by atoms with van der Waals surface area (Å²) >= 11 is 0. The van der Waals surface area contributed by atoms with Crippen molar-refractivity contribution in [1.29, 1.82) is 0 Å². The predicted octanol–water partition coefficient (Wildman–Crippen LogP) is 7.08. The zero-order valence-electron chi connectivity index (χ0n) is 21.4. The largest absolute Gasteiger partial charge is 0.482 e. The first kappa shape index (κ1) is 21.9. The Kier molecular flexibility index (Phi) is 4.09. The van der Waals surface area contributed by atoms with E-state index in [0.717, 1.165) is 49.7 Å². The second-order valence-corrected chi connectivity index (χ2v) is 10.9. The van der Waals surface area contributed by atoms with Crippen LogP contribution in [0.1, 0.15) is 87.6 Å². The first-order chi connectivity index (χ1) is 16.3. The van der Waals surface area contributed by atoms with Gasteiger partial charge in [-0.1, -0.05) is 24.3 Å². The monoisotopic (exact) mass is 468 g/mol. The molecule has 3 heterocycles. The van der Waals surface area contributed by atoms with Crippen LogP contribution in [0.2, 0.25) is 0 Å². The van der Waals surface area contributed by atoms with Crippen LogP contribution < -0.4 is 4.74 Å². The molecule has 3 aromatic carbocycles. The third kappa shape index (κ3) is 2.64. The molecule has 0 bridgehead atoms. The van der Waals surface area contributed by atoms with Crippen molar-refractivity contribution in [3.05, 3.63) is 74.5 Å². The molecule has 0 saturated carbocycles. The number of hydrogen-bond acceptors (Lipinski definition) is 5. The number of ether oxygens (including phenoxy) is 2. The number of fused-ring (bicyclic) bond motifs is 3. The molecule has 5 nitrogen and oxygen atoms in total. The van der Waals surface area contributed by atoms with E-state index in [2.05, 4.69) is 32.9 Å². The molecule has 35 heavy (non-hydrogen) atoms. The molecule has 0 unspecified atom stereocenters. The van der Waals surface area contributed by atoms with E-state index in [4.69, 9.17) is 13.9 Å². The number of cyclic esters (lactones) is 1. The van der Waals surface area contributed by atoms with Gasteiger partial charge >= 0.3 is 5.97 Å². The van der Waals surface area contributed by atoms with E-state index in [0.29, 0.717) is 28.0 Å². The zero-order valence-corrected chi connectivity index (χ0v) is 21.4. The minimum absolute atomic E-state index is 0.231. The van der Waals surface area contributed by atoms with Gasteiger partial charge in [-0.25, -0.2) is 4.79 Å². The highest BCUT2D eigenvalue weighted by atomic mass is 16.6. The fraction of sp³-hybridized carbons (Fsp3) is 0.333. The molecule has 2 aliphatic heterocycles. The highest BCUT2D eigenvalue weighted by molar-refractivity contribution is 6.25. The van der Waals surface area contributed by atoms with E-state index < -0.39 is 17.2 Å². The van der Waals surface area contributed by atoms with E-state index in [-0.39, 0.29) is 5.78 Å². The summed E-state index contributed by atoms with van der Waals surface area (Å²) in [7, 11) is 0. The van der Waals surface area contributed by atoms with E-state index in [1.165, 1.54) is 0 Å². The normalized spacial score (nSPS) is 17.1. The summed E-state index contributed by atoms with van der Waals surface area (Å²) in [5, 5.41) is 2.77. The molecular formula is C30H28O5. The van der Waals surface area contributed by atoms with Crippen LogP contribution in [0.4, 0.5) is 0 Å². The van der Waals surface area contributed by atoms with Crippen molar-refractivity contribution in [3.8, 4) is 5.75 Å². The van der Waals surface area contributed by atoms with Crippen molar-refractivity contribution in [2.24, 2.45) is 0 Å². The molecule has 0 amide bonds. The molecule has 0 radical (unpaired) electrons. The highest BCUT2D eigenvalue weighted by Crippen LogP contribution is 2.52. The SMILES string of the molecule is Cc1ccc2c(c1C(=O)c1c(C)oc3c1c(C)c1c4c(ccc(C)c43)C(C)(C)O1)C(=O)OC2(C)C. The van der Waals surface area contributed by atoms with Crippen LogP contribution in [0.3, 0.4) is 0 Å². The highest BCUT2D eigenvalue weighted by Gasteiger charge is 2.42. The van der Waals surface area contributed by atoms with E-state index >= 15 is 0 Å². The van der Waals surface area contributed by atoms with E-state index in [1.807, 2.05) is 46.8 Å². The Balaban J connectivity index is 1.71. The molecule has 0 fully saturated rings. The molecule has 0 spiro atoms. The van der Waals surface area contributed by atoms with Gasteiger partial charge in [0.1, 0.15) is 28.3 Å². The summed E-state index contributed by atoms with van der Waals surface area (Å²) in [6.07, 6.45) is 0. The van der Waals surface area contributed by atoms with Gasteiger partial charge < -0.3 is 13.9 Å². The maximum Gasteiger partial charge on any atom is 0.340 e. The van der Waals surface area contributed by atoms with Gasteiger partial charge in [0.05, 0.1) is 11.1 Å². The molecule has 5 heteroatoms. The third-order valence-corrected chi connectivity index (χ3v) is 7.74. The van der Waals surface area contributed by atoms with Crippen LogP contribution in [0.15, 0.2) is 28.7 Å². The fourth-order valence-corrected chi connectivity index (χ4v) is 6.00. The molecule has 0 atom stereocenters. The molecule has 0 saturated heterocycles. The maximum atomic E-state index is 14.3. The van der Waals surface area contributed by atoms with Gasteiger partial charge in [-0.2, -0.15) is 0 Å². The number of rotatable bonds is 2. The number of ketones is 1. The quantitative estimate of drug-likeness (QED) is 0.232. The first-order valence-electron chi connectivity index (χ1n) is 12.0. The molecule has 0 aliphatic carbocycles. The molecule has 4 aromatic rings. The Morgan fingerprint density at radius 3 is 2.09 bits per heavy atom. The molecule has 6 rings (SSSR count). The summed E-state index contributed by atoms with van der Waals surface area (Å²) in [4.78, 5) is 27.2. The van der Waals surface area contributed by atoms with Gasteiger partial charge in [-0.05, 0) is 66.5 Å². The molecule has 178 valence electrons. The topological polar surface area (TPSA) is 65.7 Å². The summed E-state index contributed by atoms with van der Waals surface area (Å²) < 4.78 is 18.5. The third-order valence-electron chi connectivity index (χ3n) is 7.74. The van der Waals surface area contributed by atoms with Crippen LogP contribution in [-0.2, 0) is 15.9 Å². The lowest BCUT2D eigenvalue weighted by atomic mass is 9.85. The van der Waals surface area contributed by atoms with Crippen LogP contribution in [-0.4, -0.2) is 11.8 Å². The van der Waals surface area contributed by atoms with Crippen molar-refractivity contribution in [2.45, 2.75) is 66.6 Å². The predicted molar refractivity (Wildman–Crippen MR) is 135 cm³/mol. The van der Waals surface area contributed by atoms with E-state index in [1.54, 1.807) is 0 Å². The van der Waals surface area contributed by atoms with Crippen molar-refractivity contribution in [2.75, 3.05) is 0 Å². The van der Waals surface area contributed by atoms with Gasteiger partial charge in [0.2, 0.25) is 0 Å². The molecule has 1 aromatic heterocycles. The van der Waals surface area contributed by atoms with Gasteiger partial charge in [0, 0.05) is 38.4 Å². The lowest BCUT2D eigenvalue weighted by Crippen LogP contribution is -2.20. The number of benzene rings is 3. The van der Waals surface area contributed by atoms with Gasteiger partial charge in [-0.15, -0.1) is 0 Å². The Labute approximate surface area is 204 Å². The number of aryl methyl sites for hydroxylation is 4. The van der Waals surface area contributed by atoms with Crippen molar-refractivity contribution >= 4 is 33.5 Å². The number of carbonyl (C=O) groups is 2. The minimum atomic E-state index is -0.784. The second-order valence-electron chi connectivity index (χ2n) is 10.9. The van der Waals surface area contributed by atoms with Crippen molar-refractivity contribution in [3.63, 3.8) is 0 Å². The fourth-order valence-electron chi connectivity index (χ4n) is 6.00. The number of carbonyl (C=O) groups excluding carboxylic acids is 2. The zero-order chi connectivity index (χ0) is 25.2. The average molecular weight is 469 g/mol. The minimum Gasteiger partial charge on any atom is -0.482 e. The average Bonchev–Trinajstić information content (AvgIpc) is 3.33. The lowest BCUT2D eigenvalue weighted by molar-refractivity contribution is 0.00947. The van der Waals surface area contributed by atoms with Crippen LogP contribution in [0, 0.1) is 27.7 Å². The smallest absolute Gasteiger partial charge is 0.340 e. The lowest BCUT2D eigenvalue weighted by Gasteiger charge is -2.20. The van der Waals surface area contributed by atoms with Gasteiger partial charge in [0.25, 0.3) is 0 Å². The molecule has 0 N–H and O–H groups in total. The Morgan fingerprint density at radius 1 is 0.743 bits per heavy atom. The van der Waals surface area contributed by atoms with Gasteiger partial charge in [0.15, 0.2) is 5.78 Å². The summed E-state index contributed by atoms with van der Waals surface area (Å²) in [6.45, 7) is 15.5. The summed E-state index contributed by atoms with van der Waals surface area (Å²) in [5.41, 5.74) is 5.14. The Bertz CT molecular complexity index is 1660. The number of hydrogen-bond donors (Lipinski definition) is 0. The Morgan fingerprint density at radius 2 is 1.37 bits per heavy atom. The number of furan rings is 1. The van der Waals surface area contributed by atoms with Crippen LogP contribution >= 0.6 is 0 Å². The first-order valence-corrected chi connectivity index (χ1v) is 12.0. The van der Waals surface area contributed by atoms with Crippen LogP contribution in [0.5, 0.6) is 5.75 Å². The van der Waals surface area contributed by atoms with Crippen molar-refractivity contribution < 1.29 is 23.5 Å². The standard InChI is InChI=1S/C30H28O5/c1-13-9-12-18-24(28(32)35-30(18,7)8)19(13)25(31)22-16(4)33-27-20-14(2)10-11-17-23(20)26(15(3)21(22)27)34-29(17,5)6/h9-12H,1-8H3. The van der Waals surface area contributed by atoms with E-state index in [9.17, 15) is 9.59 Å². The summed E-state index contributed by atoms with van der Waals surface area (Å²) in [6, 6.07) is 7.97.